The Morgan fingerprint density at radius 2 is 1.96 bits per heavy atom. The Labute approximate surface area is 168 Å². The second kappa shape index (κ2) is 8.36. The summed E-state index contributed by atoms with van der Waals surface area (Å²) in [6.45, 7) is 3.74. The van der Waals surface area contributed by atoms with Crippen molar-refractivity contribution in [2.75, 3.05) is 10.6 Å². The molecule has 0 atom stereocenters. The number of hydrogen-bond donors (Lipinski definition) is 4. The number of hydrogen-bond acceptors (Lipinski definition) is 4. The molecule has 0 aliphatic heterocycles. The minimum atomic E-state index is -0.318. The van der Waals surface area contributed by atoms with Crippen molar-refractivity contribution in [1.29, 1.82) is 0 Å². The Morgan fingerprint density at radius 3 is 2.67 bits per heavy atom. The van der Waals surface area contributed by atoms with Crippen LogP contribution in [0.3, 0.4) is 0 Å². The number of H-pyrrole nitrogens is 1. The average molecular weight is 448 g/mol. The van der Waals surface area contributed by atoms with Crippen LogP contribution in [0.2, 0.25) is 0 Å². The quantitative estimate of drug-likeness (QED) is 0.456. The molecular formula is C18H18BrN5O2S. The molecule has 2 aromatic heterocycles. The molecule has 9 heteroatoms. The van der Waals surface area contributed by atoms with Crippen molar-refractivity contribution >= 4 is 50.7 Å². The number of nitrogens with one attached hydrogen (secondary N) is 4. The molecule has 0 radical (unpaired) electrons. The smallest absolute Gasteiger partial charge is 0.319 e. The van der Waals surface area contributed by atoms with Gasteiger partial charge in [-0.1, -0.05) is 6.07 Å². The number of benzene rings is 1. The number of halogens is 1. The van der Waals surface area contributed by atoms with Crippen molar-refractivity contribution in [2.24, 2.45) is 0 Å². The molecule has 2 heterocycles. The monoisotopic (exact) mass is 447 g/mol. The number of aromatic amines is 1. The highest BCUT2D eigenvalue weighted by atomic mass is 79.9. The predicted octanol–water partition coefficient (Wildman–Crippen LogP) is 4.68. The first-order valence-electron chi connectivity index (χ1n) is 8.21. The van der Waals surface area contributed by atoms with E-state index in [9.17, 15) is 9.59 Å². The highest BCUT2D eigenvalue weighted by Gasteiger charge is 2.12. The van der Waals surface area contributed by atoms with Crippen LogP contribution < -0.4 is 16.0 Å². The number of carbonyl (C=O) groups is 2. The Morgan fingerprint density at radius 1 is 1.15 bits per heavy atom. The van der Waals surface area contributed by atoms with E-state index in [1.54, 1.807) is 41.7 Å². The zero-order valence-electron chi connectivity index (χ0n) is 14.7. The third-order valence-corrected chi connectivity index (χ3v) is 5.12. The van der Waals surface area contributed by atoms with Crippen LogP contribution in [0.25, 0.3) is 10.6 Å². The topological polar surface area (TPSA) is 98.9 Å². The molecule has 1 aromatic carbocycles. The van der Waals surface area contributed by atoms with Gasteiger partial charge >= 0.3 is 6.03 Å². The van der Waals surface area contributed by atoms with E-state index in [1.165, 1.54) is 0 Å². The maximum Gasteiger partial charge on any atom is 0.319 e. The number of amides is 3. The minimum Gasteiger partial charge on any atom is -0.336 e. The van der Waals surface area contributed by atoms with Crippen LogP contribution in [0.1, 0.15) is 24.2 Å². The molecule has 0 spiro atoms. The Balaban J connectivity index is 1.67. The summed E-state index contributed by atoms with van der Waals surface area (Å²) in [5.41, 5.74) is 1.77. The maximum absolute atomic E-state index is 12.5. The summed E-state index contributed by atoms with van der Waals surface area (Å²) in [7, 11) is 0. The predicted molar refractivity (Wildman–Crippen MR) is 111 cm³/mol. The van der Waals surface area contributed by atoms with Gasteiger partial charge in [-0.15, -0.1) is 11.3 Å². The summed E-state index contributed by atoms with van der Waals surface area (Å²) in [5.74, 6) is 0.115. The molecule has 3 rings (SSSR count). The van der Waals surface area contributed by atoms with Gasteiger partial charge in [0.1, 0.15) is 0 Å². The summed E-state index contributed by atoms with van der Waals surface area (Å²) < 4.78 is 1.02. The number of rotatable bonds is 5. The summed E-state index contributed by atoms with van der Waals surface area (Å²) in [6, 6.07) is 12.1. The van der Waals surface area contributed by atoms with Crippen molar-refractivity contribution < 1.29 is 9.59 Å². The second-order valence-electron chi connectivity index (χ2n) is 6.06. The highest BCUT2D eigenvalue weighted by molar-refractivity contribution is 9.11. The van der Waals surface area contributed by atoms with Gasteiger partial charge in [-0.05, 0) is 60.1 Å². The molecule has 4 N–H and O–H groups in total. The SMILES string of the molecule is CC(C)NC(=O)Nc1cccc(C(=O)Nc2cc(-c3ccc(Br)s3)[nH]n2)c1. The third-order valence-electron chi connectivity index (χ3n) is 3.46. The molecule has 0 aliphatic rings. The van der Waals surface area contributed by atoms with Crippen LogP contribution in [0.5, 0.6) is 0 Å². The molecule has 0 unspecified atom stereocenters. The summed E-state index contributed by atoms with van der Waals surface area (Å²) in [6.07, 6.45) is 0. The molecule has 27 heavy (non-hydrogen) atoms. The number of thiophene rings is 1. The normalized spacial score (nSPS) is 10.7. The number of anilines is 2. The molecule has 0 fully saturated rings. The van der Waals surface area contributed by atoms with Crippen LogP contribution in [-0.4, -0.2) is 28.2 Å². The number of urea groups is 1. The lowest BCUT2D eigenvalue weighted by Crippen LogP contribution is -2.34. The lowest BCUT2D eigenvalue weighted by atomic mass is 10.2. The molecular weight excluding hydrogens is 430 g/mol. The van der Waals surface area contributed by atoms with Crippen LogP contribution in [0.15, 0.2) is 46.3 Å². The van der Waals surface area contributed by atoms with Crippen LogP contribution >= 0.6 is 27.3 Å². The molecule has 0 saturated heterocycles. The van der Waals surface area contributed by atoms with E-state index in [0.29, 0.717) is 17.1 Å². The summed E-state index contributed by atoms with van der Waals surface area (Å²) in [5, 5.41) is 15.2. The van der Waals surface area contributed by atoms with Gasteiger partial charge in [0.15, 0.2) is 5.82 Å². The highest BCUT2D eigenvalue weighted by Crippen LogP contribution is 2.31. The standard InChI is InChI=1S/C18H18BrN5O2S/c1-10(2)20-18(26)21-12-5-3-4-11(8-12)17(25)22-16-9-13(23-24-16)14-6-7-15(19)27-14/h3-10H,1-2H3,(H2,20,21,26)(H2,22,23,24,25). The second-order valence-corrected chi connectivity index (χ2v) is 8.52. The third kappa shape index (κ3) is 5.18. The lowest BCUT2D eigenvalue weighted by Gasteiger charge is -2.11. The van der Waals surface area contributed by atoms with E-state index in [-0.39, 0.29) is 18.0 Å². The fraction of sp³-hybridized carbons (Fsp3) is 0.167. The van der Waals surface area contributed by atoms with Gasteiger partial charge in [0.2, 0.25) is 0 Å². The average Bonchev–Trinajstić information content (AvgIpc) is 3.23. The maximum atomic E-state index is 12.5. The van der Waals surface area contributed by atoms with Crippen molar-refractivity contribution in [2.45, 2.75) is 19.9 Å². The van der Waals surface area contributed by atoms with Gasteiger partial charge in [0.25, 0.3) is 5.91 Å². The fourth-order valence-electron chi connectivity index (χ4n) is 2.33. The fourth-order valence-corrected chi connectivity index (χ4v) is 3.68. The van der Waals surface area contributed by atoms with Crippen molar-refractivity contribution in [3.63, 3.8) is 0 Å². The molecule has 0 aliphatic carbocycles. The first kappa shape index (κ1) is 19.1. The lowest BCUT2D eigenvalue weighted by molar-refractivity contribution is 0.102. The van der Waals surface area contributed by atoms with E-state index in [1.807, 2.05) is 26.0 Å². The number of nitrogens with zero attached hydrogens (tertiary/aromatic N) is 1. The van der Waals surface area contributed by atoms with Gasteiger partial charge in [0.05, 0.1) is 14.4 Å². The van der Waals surface area contributed by atoms with E-state index < -0.39 is 0 Å². The summed E-state index contributed by atoms with van der Waals surface area (Å²) in [4.78, 5) is 25.3. The Hall–Kier alpha value is -2.65. The first-order valence-corrected chi connectivity index (χ1v) is 9.81. The zero-order chi connectivity index (χ0) is 19.4. The molecule has 0 saturated carbocycles. The van der Waals surface area contributed by atoms with Gasteiger partial charge in [-0.25, -0.2) is 4.79 Å². The molecule has 0 bridgehead atoms. The molecule has 140 valence electrons. The minimum absolute atomic E-state index is 0.0225. The van der Waals surface area contributed by atoms with Crippen LogP contribution in [0, 0.1) is 0 Å². The summed E-state index contributed by atoms with van der Waals surface area (Å²) >= 11 is 4.99. The number of carbonyl (C=O) groups excluding carboxylic acids is 2. The van der Waals surface area contributed by atoms with Crippen molar-refractivity contribution in [1.82, 2.24) is 15.5 Å². The van der Waals surface area contributed by atoms with Gasteiger partial charge in [-0.2, -0.15) is 5.10 Å². The van der Waals surface area contributed by atoms with E-state index in [0.717, 1.165) is 14.4 Å². The largest absolute Gasteiger partial charge is 0.336 e. The molecule has 3 aromatic rings. The van der Waals surface area contributed by atoms with Crippen LogP contribution in [0.4, 0.5) is 16.3 Å². The zero-order valence-corrected chi connectivity index (χ0v) is 17.1. The Kier molecular flexibility index (Phi) is 5.92. The molecule has 7 nitrogen and oxygen atoms in total. The molecule has 3 amide bonds. The van der Waals surface area contributed by atoms with E-state index in [2.05, 4.69) is 42.1 Å². The van der Waals surface area contributed by atoms with Gasteiger partial charge in [-0.3, -0.25) is 9.89 Å². The Bertz CT molecular complexity index is 966. The number of aromatic nitrogens is 2. The van der Waals surface area contributed by atoms with E-state index in [4.69, 9.17) is 0 Å². The van der Waals surface area contributed by atoms with Gasteiger partial charge in [0, 0.05) is 23.4 Å². The van der Waals surface area contributed by atoms with Crippen molar-refractivity contribution in [3.05, 3.63) is 51.8 Å². The van der Waals surface area contributed by atoms with Crippen molar-refractivity contribution in [3.8, 4) is 10.6 Å². The van der Waals surface area contributed by atoms with Crippen LogP contribution in [-0.2, 0) is 0 Å². The van der Waals surface area contributed by atoms with E-state index >= 15 is 0 Å². The van der Waals surface area contributed by atoms with Gasteiger partial charge < -0.3 is 16.0 Å². The first-order chi connectivity index (χ1) is 12.9.